The van der Waals surface area contributed by atoms with E-state index in [1.807, 2.05) is 41.8 Å². The highest BCUT2D eigenvalue weighted by atomic mass is 32.1. The van der Waals surface area contributed by atoms with Crippen LogP contribution in [0, 0.1) is 0 Å². The molecule has 6 nitrogen and oxygen atoms in total. The average Bonchev–Trinajstić information content (AvgIpc) is 3.31. The Morgan fingerprint density at radius 2 is 1.50 bits per heavy atom. The van der Waals surface area contributed by atoms with E-state index in [1.165, 1.54) is 22.5 Å². The van der Waals surface area contributed by atoms with Crippen molar-refractivity contribution >= 4 is 22.4 Å². The summed E-state index contributed by atoms with van der Waals surface area (Å²) in [4.78, 5) is 9.07. The van der Waals surface area contributed by atoms with Crippen LogP contribution in [0.15, 0.2) is 83.2 Å². The number of nitrogens with two attached hydrogens (primary N) is 1. The number of aliphatic imine (C=N–C) groups is 1. The van der Waals surface area contributed by atoms with Gasteiger partial charge in [0.05, 0.1) is 32.0 Å². The van der Waals surface area contributed by atoms with Gasteiger partial charge in [-0.3, -0.25) is 0 Å². The van der Waals surface area contributed by atoms with Crippen LogP contribution in [-0.2, 0) is 6.54 Å². The van der Waals surface area contributed by atoms with Gasteiger partial charge < -0.3 is 20.5 Å². The summed E-state index contributed by atoms with van der Waals surface area (Å²) < 4.78 is 10.8. The Balaban J connectivity index is 1.44. The van der Waals surface area contributed by atoms with Crippen molar-refractivity contribution in [3.8, 4) is 33.9 Å². The molecule has 0 aliphatic rings. The highest BCUT2D eigenvalue weighted by Crippen LogP contribution is 2.29. The molecule has 0 bridgehead atoms. The van der Waals surface area contributed by atoms with E-state index in [0.717, 1.165) is 16.8 Å². The van der Waals surface area contributed by atoms with E-state index in [-0.39, 0.29) is 5.96 Å². The number of methoxy groups -OCH3 is 2. The number of nitrogens with one attached hydrogen (secondary N) is 1. The number of ether oxygens (including phenoxy) is 2. The zero-order valence-electron chi connectivity index (χ0n) is 17.9. The second kappa shape index (κ2) is 9.98. The predicted molar refractivity (Wildman–Crippen MR) is 131 cm³/mol. The van der Waals surface area contributed by atoms with Crippen molar-refractivity contribution in [1.29, 1.82) is 0 Å². The molecule has 162 valence electrons. The van der Waals surface area contributed by atoms with Crippen LogP contribution in [-0.4, -0.2) is 25.2 Å². The summed E-state index contributed by atoms with van der Waals surface area (Å²) in [5.41, 5.74) is 11.2. The lowest BCUT2D eigenvalue weighted by molar-refractivity contribution is 0.385. The van der Waals surface area contributed by atoms with Gasteiger partial charge in [0.25, 0.3) is 0 Å². The number of anilines is 1. The fraction of sp³-hybridized carbons (Fsp3) is 0.120. The van der Waals surface area contributed by atoms with Crippen LogP contribution in [0.4, 0.5) is 5.13 Å². The van der Waals surface area contributed by atoms with E-state index >= 15 is 0 Å². The molecule has 0 radical (unpaired) electrons. The first-order valence-corrected chi connectivity index (χ1v) is 10.9. The maximum atomic E-state index is 6.09. The van der Waals surface area contributed by atoms with Crippen molar-refractivity contribution in [2.75, 3.05) is 19.5 Å². The summed E-state index contributed by atoms with van der Waals surface area (Å²) in [5, 5.41) is 5.75. The van der Waals surface area contributed by atoms with E-state index in [2.05, 4.69) is 51.7 Å². The van der Waals surface area contributed by atoms with Gasteiger partial charge in [0.15, 0.2) is 11.1 Å². The molecule has 0 amide bonds. The van der Waals surface area contributed by atoms with Crippen LogP contribution in [0.1, 0.15) is 5.56 Å². The Morgan fingerprint density at radius 3 is 2.16 bits per heavy atom. The molecule has 4 rings (SSSR count). The van der Waals surface area contributed by atoms with Gasteiger partial charge in [0.1, 0.15) is 11.5 Å². The quantitative estimate of drug-likeness (QED) is 0.294. The van der Waals surface area contributed by atoms with Gasteiger partial charge in [-0.25, -0.2) is 9.98 Å². The number of guanidine groups is 1. The van der Waals surface area contributed by atoms with Gasteiger partial charge in [-0.1, -0.05) is 60.7 Å². The number of hydrogen-bond acceptors (Lipinski definition) is 5. The lowest BCUT2D eigenvalue weighted by Crippen LogP contribution is -2.22. The predicted octanol–water partition coefficient (Wildman–Crippen LogP) is 5.42. The number of hydrogen-bond donors (Lipinski definition) is 2. The van der Waals surface area contributed by atoms with Gasteiger partial charge >= 0.3 is 0 Å². The van der Waals surface area contributed by atoms with Crippen molar-refractivity contribution in [3.05, 3.63) is 83.7 Å². The number of nitrogens with zero attached hydrogens (tertiary/aromatic N) is 2. The molecule has 0 atom stereocenters. The van der Waals surface area contributed by atoms with Crippen molar-refractivity contribution in [1.82, 2.24) is 4.98 Å². The molecule has 7 heteroatoms. The van der Waals surface area contributed by atoms with Gasteiger partial charge in [0, 0.05) is 10.9 Å². The lowest BCUT2D eigenvalue weighted by atomic mass is 10.0. The van der Waals surface area contributed by atoms with Gasteiger partial charge in [-0.2, -0.15) is 0 Å². The molecule has 0 aliphatic carbocycles. The third kappa shape index (κ3) is 4.90. The fourth-order valence-corrected chi connectivity index (χ4v) is 4.05. The summed E-state index contributed by atoms with van der Waals surface area (Å²) >= 11 is 1.48. The maximum Gasteiger partial charge on any atom is 0.195 e. The Hall–Kier alpha value is -3.84. The van der Waals surface area contributed by atoms with Crippen LogP contribution < -0.4 is 20.5 Å². The van der Waals surface area contributed by atoms with Crippen molar-refractivity contribution in [2.45, 2.75) is 6.54 Å². The van der Waals surface area contributed by atoms with Crippen molar-refractivity contribution in [3.63, 3.8) is 0 Å². The normalized spacial score (nSPS) is 11.2. The number of benzene rings is 3. The molecular weight excluding hydrogens is 420 g/mol. The van der Waals surface area contributed by atoms with E-state index in [9.17, 15) is 0 Å². The number of rotatable bonds is 7. The third-order valence-corrected chi connectivity index (χ3v) is 5.72. The molecule has 32 heavy (non-hydrogen) atoms. The smallest absolute Gasteiger partial charge is 0.195 e. The lowest BCUT2D eigenvalue weighted by Gasteiger charge is -2.11. The SMILES string of the molecule is COc1cccc(OC)c1CN=C(N)Nc1nc(-c2ccc(-c3ccccc3)cc2)cs1. The highest BCUT2D eigenvalue weighted by Gasteiger charge is 2.10. The molecule has 1 aromatic heterocycles. The fourth-order valence-electron chi connectivity index (χ4n) is 3.32. The average molecular weight is 445 g/mol. The maximum absolute atomic E-state index is 6.09. The third-order valence-electron chi connectivity index (χ3n) is 4.96. The number of thiazole rings is 1. The van der Waals surface area contributed by atoms with Gasteiger partial charge in [-0.05, 0) is 23.3 Å². The standard InChI is InChI=1S/C25H24N4O2S/c1-30-22-9-6-10-23(31-2)20(22)15-27-24(26)29-25-28-21(16-32-25)19-13-11-18(12-14-19)17-7-4-3-5-8-17/h3-14,16H,15H2,1-2H3,(H3,26,27,28,29). The zero-order chi connectivity index (χ0) is 22.3. The van der Waals surface area contributed by atoms with Gasteiger partial charge in [-0.15, -0.1) is 11.3 Å². The molecule has 0 fully saturated rings. The largest absolute Gasteiger partial charge is 0.496 e. The Labute approximate surface area is 191 Å². The van der Waals surface area contributed by atoms with Crippen LogP contribution in [0.3, 0.4) is 0 Å². The van der Waals surface area contributed by atoms with E-state index < -0.39 is 0 Å². The van der Waals surface area contributed by atoms with Crippen molar-refractivity contribution < 1.29 is 9.47 Å². The first kappa shape index (κ1) is 21.4. The van der Waals surface area contributed by atoms with Crippen molar-refractivity contribution in [2.24, 2.45) is 10.7 Å². The first-order chi connectivity index (χ1) is 15.7. The molecule has 3 N–H and O–H groups in total. The van der Waals surface area contributed by atoms with E-state index in [1.54, 1.807) is 14.2 Å². The highest BCUT2D eigenvalue weighted by molar-refractivity contribution is 7.14. The molecule has 0 unspecified atom stereocenters. The monoisotopic (exact) mass is 444 g/mol. The molecule has 0 aliphatic heterocycles. The van der Waals surface area contributed by atoms with E-state index in [4.69, 9.17) is 15.2 Å². The molecule has 0 saturated carbocycles. The minimum Gasteiger partial charge on any atom is -0.496 e. The van der Waals surface area contributed by atoms with Crippen LogP contribution in [0.2, 0.25) is 0 Å². The molecular formula is C25H24N4O2S. The summed E-state index contributed by atoms with van der Waals surface area (Å²) in [6.45, 7) is 0.325. The van der Waals surface area contributed by atoms with Gasteiger partial charge in [0.2, 0.25) is 0 Å². The van der Waals surface area contributed by atoms with E-state index in [0.29, 0.717) is 23.2 Å². The first-order valence-electron chi connectivity index (χ1n) is 10.1. The second-order valence-corrected chi connectivity index (χ2v) is 7.81. The minimum absolute atomic E-state index is 0.276. The molecule has 4 aromatic rings. The summed E-state index contributed by atoms with van der Waals surface area (Å²) in [7, 11) is 3.24. The summed E-state index contributed by atoms with van der Waals surface area (Å²) in [5.74, 6) is 1.69. The number of aromatic nitrogens is 1. The van der Waals surface area contributed by atoms with Crippen LogP contribution in [0.25, 0.3) is 22.4 Å². The zero-order valence-corrected chi connectivity index (χ0v) is 18.7. The molecule has 1 heterocycles. The summed E-state index contributed by atoms with van der Waals surface area (Å²) in [6.07, 6.45) is 0. The topological polar surface area (TPSA) is 81.8 Å². The summed E-state index contributed by atoms with van der Waals surface area (Å²) in [6, 6.07) is 24.3. The van der Waals surface area contributed by atoms with Crippen LogP contribution in [0.5, 0.6) is 11.5 Å². The Morgan fingerprint density at radius 1 is 0.875 bits per heavy atom. The Kier molecular flexibility index (Phi) is 6.67. The molecule has 3 aromatic carbocycles. The minimum atomic E-state index is 0.276. The second-order valence-electron chi connectivity index (χ2n) is 6.95. The molecule has 0 saturated heterocycles. The molecule has 0 spiro atoms. The van der Waals surface area contributed by atoms with Crippen LogP contribution >= 0.6 is 11.3 Å². The Bertz CT molecular complexity index is 1180.